The highest BCUT2D eigenvalue weighted by molar-refractivity contribution is 5.79. The molecule has 1 aromatic heterocycles. The lowest BCUT2D eigenvalue weighted by Crippen LogP contribution is -2.43. The molecular weight excluding hydrogens is 312 g/mol. The maximum Gasteiger partial charge on any atom is 0.225 e. The molecule has 2 heterocycles. The van der Waals surface area contributed by atoms with E-state index in [2.05, 4.69) is 31.8 Å². The van der Waals surface area contributed by atoms with Gasteiger partial charge in [-0.2, -0.15) is 0 Å². The third-order valence-corrected chi connectivity index (χ3v) is 5.66. The van der Waals surface area contributed by atoms with Gasteiger partial charge in [0, 0.05) is 31.1 Å². The lowest BCUT2D eigenvalue weighted by molar-refractivity contribution is -0.137. The lowest BCUT2D eigenvalue weighted by Gasteiger charge is -2.34. The van der Waals surface area contributed by atoms with Crippen LogP contribution in [0.1, 0.15) is 44.3 Å². The summed E-state index contributed by atoms with van der Waals surface area (Å²) >= 11 is 0. The molecule has 2 fully saturated rings. The summed E-state index contributed by atoms with van der Waals surface area (Å²) in [7, 11) is 0. The molecule has 0 spiro atoms. The summed E-state index contributed by atoms with van der Waals surface area (Å²) in [4.78, 5) is 14.8. The Bertz CT molecular complexity index is 705. The van der Waals surface area contributed by atoms with Crippen LogP contribution >= 0.6 is 0 Å². The number of piperidine rings is 1. The van der Waals surface area contributed by atoms with Crippen LogP contribution in [0.25, 0.3) is 5.69 Å². The second-order valence-electron chi connectivity index (χ2n) is 7.43. The number of hydrogen-bond donors (Lipinski definition) is 0. The highest BCUT2D eigenvalue weighted by Crippen LogP contribution is 2.29. The van der Waals surface area contributed by atoms with Crippen molar-refractivity contribution in [1.29, 1.82) is 0 Å². The van der Waals surface area contributed by atoms with Gasteiger partial charge in [-0.1, -0.05) is 31.0 Å². The molecule has 1 aliphatic carbocycles. The predicted molar refractivity (Wildman–Crippen MR) is 96.3 cm³/mol. The van der Waals surface area contributed by atoms with E-state index in [9.17, 15) is 4.79 Å². The zero-order chi connectivity index (χ0) is 17.1. The lowest BCUT2D eigenvalue weighted by atomic mass is 9.93. The van der Waals surface area contributed by atoms with E-state index in [0.717, 1.165) is 56.7 Å². The number of amides is 1. The van der Waals surface area contributed by atoms with Crippen LogP contribution in [0.15, 0.2) is 36.7 Å². The van der Waals surface area contributed by atoms with Gasteiger partial charge in [0.1, 0.15) is 12.2 Å². The number of rotatable bonds is 4. The zero-order valence-electron chi connectivity index (χ0n) is 14.7. The first-order valence-corrected chi connectivity index (χ1v) is 9.54. The molecule has 132 valence electrons. The van der Waals surface area contributed by atoms with Gasteiger partial charge in [0.05, 0.1) is 0 Å². The largest absolute Gasteiger partial charge is 0.342 e. The Hall–Kier alpha value is -2.17. The fourth-order valence-electron chi connectivity index (χ4n) is 4.32. The number of carbonyl (C=O) groups is 1. The second kappa shape index (κ2) is 7.38. The fourth-order valence-corrected chi connectivity index (χ4v) is 4.32. The van der Waals surface area contributed by atoms with E-state index in [1.165, 1.54) is 12.8 Å². The van der Waals surface area contributed by atoms with Crippen molar-refractivity contribution < 1.29 is 4.79 Å². The Labute approximate surface area is 149 Å². The van der Waals surface area contributed by atoms with Crippen LogP contribution in [0.2, 0.25) is 0 Å². The molecule has 2 aliphatic rings. The molecule has 1 amide bonds. The SMILES string of the molecule is O=C(C1CCCC1)N1CCCC(Cc2nncn2-c2ccccc2)C1. The number of para-hydroxylation sites is 1. The third-order valence-electron chi connectivity index (χ3n) is 5.66. The first-order chi connectivity index (χ1) is 12.3. The highest BCUT2D eigenvalue weighted by Gasteiger charge is 2.31. The standard InChI is InChI=1S/C20H26N4O/c25-20(17-8-4-5-9-17)23-12-6-7-16(14-23)13-19-22-21-15-24(19)18-10-2-1-3-11-18/h1-3,10-11,15-17H,4-9,12-14H2. The summed E-state index contributed by atoms with van der Waals surface area (Å²) < 4.78 is 2.07. The summed E-state index contributed by atoms with van der Waals surface area (Å²) in [5.74, 6) is 2.15. The number of likely N-dealkylation sites (tertiary alicyclic amines) is 1. The smallest absolute Gasteiger partial charge is 0.225 e. The quantitative estimate of drug-likeness (QED) is 0.860. The van der Waals surface area contributed by atoms with E-state index in [1.54, 1.807) is 6.33 Å². The Morgan fingerprint density at radius 2 is 1.88 bits per heavy atom. The van der Waals surface area contributed by atoms with Gasteiger partial charge in [0.15, 0.2) is 0 Å². The molecule has 0 N–H and O–H groups in total. The molecule has 1 atom stereocenters. The van der Waals surface area contributed by atoms with Crippen LogP contribution in [0.4, 0.5) is 0 Å². The van der Waals surface area contributed by atoms with Crippen molar-refractivity contribution in [3.8, 4) is 5.69 Å². The second-order valence-corrected chi connectivity index (χ2v) is 7.43. The molecule has 0 radical (unpaired) electrons. The van der Waals surface area contributed by atoms with Crippen molar-refractivity contribution in [3.63, 3.8) is 0 Å². The van der Waals surface area contributed by atoms with E-state index in [4.69, 9.17) is 0 Å². The Morgan fingerprint density at radius 3 is 2.68 bits per heavy atom. The molecule has 1 saturated carbocycles. The van der Waals surface area contributed by atoms with Crippen molar-refractivity contribution in [2.45, 2.75) is 44.9 Å². The average Bonchev–Trinajstić information content (AvgIpc) is 3.34. The van der Waals surface area contributed by atoms with E-state index < -0.39 is 0 Å². The minimum atomic E-state index is 0.284. The zero-order valence-corrected chi connectivity index (χ0v) is 14.7. The topological polar surface area (TPSA) is 51.0 Å². The van der Waals surface area contributed by atoms with Gasteiger partial charge in [0.25, 0.3) is 0 Å². The van der Waals surface area contributed by atoms with E-state index in [0.29, 0.717) is 11.8 Å². The van der Waals surface area contributed by atoms with E-state index in [-0.39, 0.29) is 5.92 Å². The highest BCUT2D eigenvalue weighted by atomic mass is 16.2. The molecule has 5 nitrogen and oxygen atoms in total. The van der Waals surface area contributed by atoms with Gasteiger partial charge < -0.3 is 4.90 Å². The summed E-state index contributed by atoms with van der Waals surface area (Å²) in [6.07, 6.45) is 9.53. The molecule has 1 aliphatic heterocycles. The minimum absolute atomic E-state index is 0.284. The Kier molecular flexibility index (Phi) is 4.81. The molecule has 1 unspecified atom stereocenters. The first kappa shape index (κ1) is 16.3. The van der Waals surface area contributed by atoms with Crippen LogP contribution in [0.3, 0.4) is 0 Å². The summed E-state index contributed by atoms with van der Waals surface area (Å²) in [5.41, 5.74) is 1.09. The van der Waals surface area contributed by atoms with Crippen LogP contribution in [-0.4, -0.2) is 38.7 Å². The Morgan fingerprint density at radius 1 is 1.08 bits per heavy atom. The van der Waals surface area contributed by atoms with Crippen LogP contribution < -0.4 is 0 Å². The maximum absolute atomic E-state index is 12.7. The molecule has 1 aromatic carbocycles. The number of aromatic nitrogens is 3. The number of carbonyl (C=O) groups excluding carboxylic acids is 1. The molecule has 4 rings (SSSR count). The van der Waals surface area contributed by atoms with Crippen molar-refractivity contribution in [3.05, 3.63) is 42.5 Å². The van der Waals surface area contributed by atoms with Crippen LogP contribution in [0, 0.1) is 11.8 Å². The molecule has 5 heteroatoms. The summed E-state index contributed by atoms with van der Waals surface area (Å²) in [5, 5.41) is 8.46. The van der Waals surface area contributed by atoms with Crippen LogP contribution in [-0.2, 0) is 11.2 Å². The van der Waals surface area contributed by atoms with E-state index >= 15 is 0 Å². The van der Waals surface area contributed by atoms with Crippen molar-refractivity contribution in [2.24, 2.45) is 11.8 Å². The first-order valence-electron chi connectivity index (χ1n) is 9.54. The van der Waals surface area contributed by atoms with Gasteiger partial charge in [-0.05, 0) is 43.7 Å². The third kappa shape index (κ3) is 3.60. The normalized spacial score (nSPS) is 21.6. The predicted octanol–water partition coefficient (Wildman–Crippen LogP) is 3.24. The molecule has 2 aromatic rings. The van der Waals surface area contributed by atoms with Crippen molar-refractivity contribution in [1.82, 2.24) is 19.7 Å². The average molecular weight is 338 g/mol. The van der Waals surface area contributed by atoms with Gasteiger partial charge in [-0.15, -0.1) is 10.2 Å². The Balaban J connectivity index is 1.43. The van der Waals surface area contributed by atoms with Crippen molar-refractivity contribution in [2.75, 3.05) is 13.1 Å². The van der Waals surface area contributed by atoms with Crippen LogP contribution in [0.5, 0.6) is 0 Å². The number of nitrogens with zero attached hydrogens (tertiary/aromatic N) is 4. The monoisotopic (exact) mass is 338 g/mol. The van der Waals surface area contributed by atoms with Gasteiger partial charge in [-0.25, -0.2) is 0 Å². The van der Waals surface area contributed by atoms with Gasteiger partial charge >= 0.3 is 0 Å². The molecule has 1 saturated heterocycles. The molecular formula is C20H26N4O. The van der Waals surface area contributed by atoms with E-state index in [1.807, 2.05) is 18.2 Å². The number of benzene rings is 1. The maximum atomic E-state index is 12.7. The van der Waals surface area contributed by atoms with Gasteiger partial charge in [0.2, 0.25) is 5.91 Å². The molecule has 0 bridgehead atoms. The molecule has 25 heavy (non-hydrogen) atoms. The summed E-state index contributed by atoms with van der Waals surface area (Å²) in [6, 6.07) is 10.2. The van der Waals surface area contributed by atoms with Crippen molar-refractivity contribution >= 4 is 5.91 Å². The fraction of sp³-hybridized carbons (Fsp3) is 0.550. The minimum Gasteiger partial charge on any atom is -0.342 e. The summed E-state index contributed by atoms with van der Waals surface area (Å²) in [6.45, 7) is 1.80. The van der Waals surface area contributed by atoms with Gasteiger partial charge in [-0.3, -0.25) is 9.36 Å². The number of hydrogen-bond acceptors (Lipinski definition) is 3.